The summed E-state index contributed by atoms with van der Waals surface area (Å²) in [5.41, 5.74) is 7.03. The lowest BCUT2D eigenvalue weighted by Gasteiger charge is -2.33. The van der Waals surface area contributed by atoms with E-state index in [9.17, 15) is 4.79 Å². The number of fused-ring (bicyclic) bond motifs is 1. The summed E-state index contributed by atoms with van der Waals surface area (Å²) in [6, 6.07) is 13.7. The number of carbonyl (C=O) groups is 1. The number of nitrogens with one attached hydrogen (secondary N) is 1. The van der Waals surface area contributed by atoms with Crippen molar-refractivity contribution in [2.75, 3.05) is 56.8 Å². The van der Waals surface area contributed by atoms with Crippen molar-refractivity contribution < 1.29 is 19.0 Å². The number of hydrogen-bond acceptors (Lipinski definition) is 10. The molecule has 2 aliphatic heterocycles. The standard InChI is InChI=1S/C25H28N6O4S/c1-30-7-9-31(10-8-30)24-25(33-15-17-5-3-2-4-6-17)29-22(14-27-24)36-18-11-19(28-21(32)13-26)23-20(12-18)34-16-35-23/h2-6,11-12,14H,7-10,13,15-16,26H2,1H3,(H,28,32). The van der Waals surface area contributed by atoms with Crippen molar-refractivity contribution in [1.82, 2.24) is 14.9 Å². The summed E-state index contributed by atoms with van der Waals surface area (Å²) in [5.74, 6) is 1.96. The van der Waals surface area contributed by atoms with Gasteiger partial charge in [0.15, 0.2) is 17.3 Å². The fourth-order valence-electron chi connectivity index (χ4n) is 3.92. The van der Waals surface area contributed by atoms with E-state index in [-0.39, 0.29) is 19.2 Å². The monoisotopic (exact) mass is 508 g/mol. The van der Waals surface area contributed by atoms with E-state index in [2.05, 4.69) is 22.2 Å². The van der Waals surface area contributed by atoms with E-state index in [0.29, 0.717) is 34.7 Å². The molecule has 1 fully saturated rings. The smallest absolute Gasteiger partial charge is 0.259 e. The number of piperazine rings is 1. The molecule has 0 spiro atoms. The van der Waals surface area contributed by atoms with Crippen LogP contribution in [0.5, 0.6) is 17.4 Å². The van der Waals surface area contributed by atoms with Gasteiger partial charge in [0.1, 0.15) is 11.6 Å². The molecule has 3 aromatic rings. The van der Waals surface area contributed by atoms with Gasteiger partial charge in [-0.25, -0.2) is 9.97 Å². The van der Waals surface area contributed by atoms with Crippen LogP contribution < -0.4 is 30.2 Å². The van der Waals surface area contributed by atoms with E-state index < -0.39 is 0 Å². The third kappa shape index (κ3) is 5.64. The van der Waals surface area contributed by atoms with Gasteiger partial charge in [-0.15, -0.1) is 0 Å². The van der Waals surface area contributed by atoms with Crippen LogP contribution in [0.2, 0.25) is 0 Å². The number of aromatic nitrogens is 2. The van der Waals surface area contributed by atoms with Crippen LogP contribution in [0.15, 0.2) is 58.6 Å². The molecule has 1 aromatic heterocycles. The number of nitrogens with zero attached hydrogens (tertiary/aromatic N) is 4. The highest BCUT2D eigenvalue weighted by Crippen LogP contribution is 2.44. The van der Waals surface area contributed by atoms with Crippen molar-refractivity contribution in [3.63, 3.8) is 0 Å². The molecule has 36 heavy (non-hydrogen) atoms. The average Bonchev–Trinajstić information content (AvgIpc) is 3.38. The van der Waals surface area contributed by atoms with E-state index in [1.807, 2.05) is 42.5 Å². The van der Waals surface area contributed by atoms with Crippen LogP contribution in [0.1, 0.15) is 5.56 Å². The minimum atomic E-state index is -0.317. The van der Waals surface area contributed by atoms with Crippen LogP contribution in [-0.4, -0.2) is 67.3 Å². The number of likely N-dealkylation sites (N-methyl/N-ethyl adjacent to an activating group) is 1. The van der Waals surface area contributed by atoms with Crippen molar-refractivity contribution in [2.45, 2.75) is 16.5 Å². The van der Waals surface area contributed by atoms with E-state index in [1.54, 1.807) is 6.20 Å². The third-order valence-corrected chi connectivity index (χ3v) is 6.73. The highest BCUT2D eigenvalue weighted by atomic mass is 32.2. The zero-order chi connectivity index (χ0) is 24.9. The number of rotatable bonds is 8. The van der Waals surface area contributed by atoms with Crippen molar-refractivity contribution >= 4 is 29.2 Å². The molecule has 5 rings (SSSR count). The lowest BCUT2D eigenvalue weighted by atomic mass is 10.2. The van der Waals surface area contributed by atoms with Gasteiger partial charge in [0.05, 0.1) is 18.4 Å². The Balaban J connectivity index is 1.41. The summed E-state index contributed by atoms with van der Waals surface area (Å²) in [4.78, 5) is 26.8. The van der Waals surface area contributed by atoms with Crippen LogP contribution in [0.25, 0.3) is 0 Å². The van der Waals surface area contributed by atoms with E-state index in [4.69, 9.17) is 29.9 Å². The first-order valence-corrected chi connectivity index (χ1v) is 12.5. The Bertz CT molecular complexity index is 1220. The minimum Gasteiger partial charge on any atom is -0.470 e. The second-order valence-corrected chi connectivity index (χ2v) is 9.55. The summed E-state index contributed by atoms with van der Waals surface area (Å²) in [5, 5.41) is 3.43. The van der Waals surface area contributed by atoms with Crippen molar-refractivity contribution in [1.29, 1.82) is 0 Å². The maximum absolute atomic E-state index is 11.9. The van der Waals surface area contributed by atoms with E-state index in [1.165, 1.54) is 11.8 Å². The van der Waals surface area contributed by atoms with Crippen LogP contribution in [0.4, 0.5) is 11.5 Å². The second-order valence-electron chi connectivity index (χ2n) is 8.46. The van der Waals surface area contributed by atoms with Gasteiger partial charge in [0.25, 0.3) is 5.88 Å². The summed E-state index contributed by atoms with van der Waals surface area (Å²) in [6.07, 6.45) is 1.75. The molecule has 0 radical (unpaired) electrons. The van der Waals surface area contributed by atoms with Gasteiger partial charge in [-0.2, -0.15) is 0 Å². The molecule has 0 aliphatic carbocycles. The lowest BCUT2D eigenvalue weighted by Crippen LogP contribution is -2.45. The average molecular weight is 509 g/mol. The molecule has 188 valence electrons. The van der Waals surface area contributed by atoms with Gasteiger partial charge in [-0.1, -0.05) is 42.1 Å². The fraction of sp³-hybridized carbons (Fsp3) is 0.320. The quantitative estimate of drug-likeness (QED) is 0.470. The summed E-state index contributed by atoms with van der Waals surface area (Å²) >= 11 is 1.40. The highest BCUT2D eigenvalue weighted by molar-refractivity contribution is 7.99. The normalized spacial score (nSPS) is 15.1. The predicted octanol–water partition coefficient (Wildman–Crippen LogP) is 2.58. The molecule has 10 nitrogen and oxygen atoms in total. The van der Waals surface area contributed by atoms with Crippen molar-refractivity contribution in [3.8, 4) is 17.4 Å². The molecule has 2 aliphatic rings. The molecule has 2 aromatic carbocycles. The topological polar surface area (TPSA) is 115 Å². The maximum atomic E-state index is 11.9. The van der Waals surface area contributed by atoms with Crippen molar-refractivity contribution in [3.05, 3.63) is 54.2 Å². The SMILES string of the molecule is CN1CCN(c2ncc(Sc3cc(NC(=O)CN)c4c(c3)OCO4)nc2OCc2ccccc2)CC1. The molecule has 0 atom stereocenters. The van der Waals surface area contributed by atoms with Gasteiger partial charge in [0, 0.05) is 31.1 Å². The predicted molar refractivity (Wildman–Crippen MR) is 137 cm³/mol. The van der Waals surface area contributed by atoms with Crippen molar-refractivity contribution in [2.24, 2.45) is 5.73 Å². The van der Waals surface area contributed by atoms with Gasteiger partial charge >= 0.3 is 0 Å². The number of carbonyl (C=O) groups excluding carboxylic acids is 1. The first kappa shape index (κ1) is 24.2. The molecule has 1 amide bonds. The van der Waals surface area contributed by atoms with Crippen LogP contribution in [0, 0.1) is 0 Å². The van der Waals surface area contributed by atoms with E-state index in [0.717, 1.165) is 42.5 Å². The first-order chi connectivity index (χ1) is 17.6. The van der Waals surface area contributed by atoms with Crippen LogP contribution >= 0.6 is 11.8 Å². The Morgan fingerprint density at radius 1 is 1.17 bits per heavy atom. The third-order valence-electron chi connectivity index (χ3n) is 5.85. The summed E-state index contributed by atoms with van der Waals surface area (Å²) in [6.45, 7) is 3.96. The van der Waals surface area contributed by atoms with Crippen LogP contribution in [-0.2, 0) is 11.4 Å². The lowest BCUT2D eigenvalue weighted by molar-refractivity contribution is -0.114. The molecule has 1 saturated heterocycles. The summed E-state index contributed by atoms with van der Waals surface area (Å²) in [7, 11) is 2.12. The Morgan fingerprint density at radius 3 is 2.75 bits per heavy atom. The molecule has 0 bridgehead atoms. The first-order valence-electron chi connectivity index (χ1n) is 11.7. The number of benzene rings is 2. The zero-order valence-electron chi connectivity index (χ0n) is 20.0. The fourth-order valence-corrected chi connectivity index (χ4v) is 4.73. The Kier molecular flexibility index (Phi) is 7.40. The number of amides is 1. The Labute approximate surface area is 213 Å². The Morgan fingerprint density at radius 2 is 1.97 bits per heavy atom. The van der Waals surface area contributed by atoms with Crippen LogP contribution in [0.3, 0.4) is 0 Å². The second kappa shape index (κ2) is 11.0. The number of hydrogen-bond donors (Lipinski definition) is 2. The molecular weight excluding hydrogens is 480 g/mol. The number of nitrogens with two attached hydrogens (primary N) is 1. The molecule has 0 unspecified atom stereocenters. The Hall–Kier alpha value is -3.54. The largest absolute Gasteiger partial charge is 0.470 e. The summed E-state index contributed by atoms with van der Waals surface area (Å²) < 4.78 is 17.3. The van der Waals surface area contributed by atoms with Gasteiger partial charge in [0.2, 0.25) is 12.7 Å². The molecule has 11 heteroatoms. The van der Waals surface area contributed by atoms with E-state index >= 15 is 0 Å². The van der Waals surface area contributed by atoms with Gasteiger partial charge in [-0.05, 0) is 24.7 Å². The maximum Gasteiger partial charge on any atom is 0.259 e. The molecule has 0 saturated carbocycles. The van der Waals surface area contributed by atoms with Gasteiger partial charge in [-0.3, -0.25) is 4.79 Å². The van der Waals surface area contributed by atoms with Gasteiger partial charge < -0.3 is 35.1 Å². The molecule has 3 N–H and O–H groups in total. The zero-order valence-corrected chi connectivity index (χ0v) is 20.8. The molecular formula is C25H28N6O4S. The number of anilines is 2. The molecule has 3 heterocycles. The highest BCUT2D eigenvalue weighted by Gasteiger charge is 2.23. The minimum absolute atomic E-state index is 0.0892. The number of ether oxygens (including phenoxy) is 3.